The highest BCUT2D eigenvalue weighted by molar-refractivity contribution is 7.18. The summed E-state index contributed by atoms with van der Waals surface area (Å²) in [5.41, 5.74) is 0.0354. The molecule has 0 aliphatic heterocycles. The van der Waals surface area contributed by atoms with Crippen LogP contribution in [0.25, 0.3) is 10.2 Å². The second kappa shape index (κ2) is 5.56. The number of hydrogen-bond donors (Lipinski definition) is 2. The molecule has 0 spiro atoms. The molecule has 0 radical (unpaired) electrons. The van der Waals surface area contributed by atoms with E-state index >= 15 is 0 Å². The van der Waals surface area contributed by atoms with Crippen molar-refractivity contribution in [1.29, 1.82) is 0 Å². The first kappa shape index (κ1) is 14.2. The van der Waals surface area contributed by atoms with Crippen LogP contribution in [0, 0.1) is 0 Å². The summed E-state index contributed by atoms with van der Waals surface area (Å²) in [5.74, 6) is 0. The van der Waals surface area contributed by atoms with E-state index in [0.717, 1.165) is 10.2 Å². The Balaban J connectivity index is 2.20. The zero-order chi connectivity index (χ0) is 14.9. The molecule has 0 fully saturated rings. The maximum absolute atomic E-state index is 11.2. The van der Waals surface area contributed by atoms with Gasteiger partial charge in [-0.2, -0.15) is 0 Å². The molecule has 0 aliphatic carbocycles. The maximum Gasteiger partial charge on any atom is 0.167 e. The summed E-state index contributed by atoms with van der Waals surface area (Å²) in [6.45, 7) is 1.85. The summed E-state index contributed by atoms with van der Waals surface area (Å²) in [7, 11) is 0. The van der Waals surface area contributed by atoms with E-state index < -0.39 is 11.7 Å². The number of thiazole rings is 1. The fraction of sp³-hybridized carbons (Fsp3) is 0.235. The van der Waals surface area contributed by atoms with E-state index in [1.807, 2.05) is 61.5 Å². The molecule has 4 heteroatoms. The van der Waals surface area contributed by atoms with Crippen molar-refractivity contribution in [2.45, 2.75) is 25.0 Å². The van der Waals surface area contributed by atoms with E-state index in [-0.39, 0.29) is 0 Å². The fourth-order valence-electron chi connectivity index (χ4n) is 2.48. The normalized spacial score (nSPS) is 15.8. The molecule has 2 unspecified atom stereocenters. The minimum absolute atomic E-state index is 0.446. The van der Waals surface area contributed by atoms with E-state index in [1.165, 1.54) is 11.3 Å². The topological polar surface area (TPSA) is 53.4 Å². The Hall–Kier alpha value is -1.75. The van der Waals surface area contributed by atoms with Gasteiger partial charge in [0.1, 0.15) is 5.01 Å². The van der Waals surface area contributed by atoms with Crippen LogP contribution in [0.15, 0.2) is 54.6 Å². The summed E-state index contributed by atoms with van der Waals surface area (Å²) >= 11 is 1.42. The number of rotatable bonds is 4. The molecule has 1 aromatic heterocycles. The fourth-order valence-corrected chi connectivity index (χ4v) is 3.61. The molecule has 1 heterocycles. The largest absolute Gasteiger partial charge is 0.389 e. The number of para-hydroxylation sites is 1. The molecule has 0 aliphatic rings. The molecular weight excluding hydrogens is 282 g/mol. The molecule has 3 aromatic rings. The van der Waals surface area contributed by atoms with E-state index in [1.54, 1.807) is 0 Å². The summed E-state index contributed by atoms with van der Waals surface area (Å²) in [5, 5.41) is 22.2. The highest BCUT2D eigenvalue weighted by Gasteiger charge is 2.41. The molecular formula is C17H17NO2S. The summed E-state index contributed by atoms with van der Waals surface area (Å²) in [4.78, 5) is 4.54. The highest BCUT2D eigenvalue weighted by atomic mass is 32.1. The lowest BCUT2D eigenvalue weighted by molar-refractivity contribution is -0.0508. The third-order valence-corrected chi connectivity index (χ3v) is 4.86. The Morgan fingerprint density at radius 1 is 1.10 bits per heavy atom. The average Bonchev–Trinajstić information content (AvgIpc) is 2.98. The number of aliphatic hydroxyl groups is 2. The van der Waals surface area contributed by atoms with Crippen LogP contribution in [0.3, 0.4) is 0 Å². The summed E-state index contributed by atoms with van der Waals surface area (Å²) < 4.78 is 1.00. The Kier molecular flexibility index (Phi) is 3.76. The third-order valence-electron chi connectivity index (χ3n) is 3.70. The molecule has 0 amide bonds. The van der Waals surface area contributed by atoms with Gasteiger partial charge in [-0.3, -0.25) is 0 Å². The predicted octanol–water partition coefficient (Wildman–Crippen LogP) is 3.30. The quantitative estimate of drug-likeness (QED) is 0.777. The van der Waals surface area contributed by atoms with Gasteiger partial charge < -0.3 is 10.2 Å². The zero-order valence-corrected chi connectivity index (χ0v) is 12.5. The summed E-state index contributed by atoms with van der Waals surface area (Å²) in [6, 6.07) is 17.0. The molecule has 0 saturated carbocycles. The van der Waals surface area contributed by atoms with Crippen LogP contribution in [0.2, 0.25) is 0 Å². The van der Waals surface area contributed by atoms with E-state index in [4.69, 9.17) is 0 Å². The lowest BCUT2D eigenvalue weighted by Crippen LogP contribution is -2.40. The van der Waals surface area contributed by atoms with Gasteiger partial charge in [0.25, 0.3) is 0 Å². The van der Waals surface area contributed by atoms with Crippen LogP contribution < -0.4 is 0 Å². The average molecular weight is 299 g/mol. The number of benzene rings is 2. The number of nitrogens with zero attached hydrogens (tertiary/aromatic N) is 1. The Morgan fingerprint density at radius 2 is 1.76 bits per heavy atom. The van der Waals surface area contributed by atoms with Crippen molar-refractivity contribution in [3.63, 3.8) is 0 Å². The van der Waals surface area contributed by atoms with Crippen molar-refractivity contribution in [2.24, 2.45) is 0 Å². The van der Waals surface area contributed by atoms with Crippen LogP contribution in [0.5, 0.6) is 0 Å². The summed E-state index contributed by atoms with van der Waals surface area (Å²) in [6.07, 6.45) is -0.457. The van der Waals surface area contributed by atoms with E-state index in [0.29, 0.717) is 17.0 Å². The Morgan fingerprint density at radius 3 is 2.43 bits per heavy atom. The van der Waals surface area contributed by atoms with E-state index in [2.05, 4.69) is 4.98 Å². The second-order valence-electron chi connectivity index (χ2n) is 5.04. The van der Waals surface area contributed by atoms with Crippen molar-refractivity contribution < 1.29 is 10.2 Å². The maximum atomic E-state index is 11.2. The minimum Gasteiger partial charge on any atom is -0.389 e. The van der Waals surface area contributed by atoms with Crippen molar-refractivity contribution in [1.82, 2.24) is 4.98 Å². The third kappa shape index (κ3) is 2.35. The van der Waals surface area contributed by atoms with Gasteiger partial charge in [0, 0.05) is 0 Å². The van der Waals surface area contributed by atoms with Crippen LogP contribution in [-0.4, -0.2) is 21.3 Å². The molecule has 0 bridgehead atoms. The van der Waals surface area contributed by atoms with Crippen molar-refractivity contribution >= 4 is 21.6 Å². The smallest absolute Gasteiger partial charge is 0.167 e. The molecule has 21 heavy (non-hydrogen) atoms. The first-order chi connectivity index (χ1) is 10.2. The first-order valence-electron chi connectivity index (χ1n) is 6.98. The van der Waals surface area contributed by atoms with Gasteiger partial charge in [-0.05, 0) is 24.1 Å². The van der Waals surface area contributed by atoms with Crippen molar-refractivity contribution in [3.05, 3.63) is 65.2 Å². The van der Waals surface area contributed by atoms with Gasteiger partial charge in [-0.1, -0.05) is 49.4 Å². The Labute approximate surface area is 127 Å². The molecule has 2 aromatic carbocycles. The number of hydrogen-bond acceptors (Lipinski definition) is 4. The van der Waals surface area contributed by atoms with Crippen LogP contribution in [-0.2, 0) is 5.60 Å². The minimum atomic E-state index is -1.47. The van der Waals surface area contributed by atoms with Crippen LogP contribution in [0.1, 0.15) is 23.9 Å². The number of aromatic nitrogens is 1. The highest BCUT2D eigenvalue weighted by Crippen LogP contribution is 2.38. The van der Waals surface area contributed by atoms with Gasteiger partial charge in [0.15, 0.2) is 5.60 Å². The van der Waals surface area contributed by atoms with Gasteiger partial charge in [-0.25, -0.2) is 4.98 Å². The Bertz CT molecular complexity index is 708. The van der Waals surface area contributed by atoms with Gasteiger partial charge >= 0.3 is 0 Å². The van der Waals surface area contributed by atoms with Crippen LogP contribution >= 0.6 is 11.3 Å². The molecule has 108 valence electrons. The molecule has 3 rings (SSSR count). The standard InChI is InChI=1S/C17H17NO2S/c1-2-15(19)17(20,12-8-4-3-5-9-12)16-18-13-10-6-7-11-14(13)21-16/h3-11,15,19-20H,2H2,1H3. The predicted molar refractivity (Wildman–Crippen MR) is 85.4 cm³/mol. The van der Waals surface area contributed by atoms with E-state index in [9.17, 15) is 10.2 Å². The molecule has 2 N–H and O–H groups in total. The van der Waals surface area contributed by atoms with Gasteiger partial charge in [0.05, 0.1) is 16.3 Å². The SMILES string of the molecule is CCC(O)C(O)(c1ccccc1)c1nc2ccccc2s1. The number of fused-ring (bicyclic) bond motifs is 1. The second-order valence-corrected chi connectivity index (χ2v) is 6.07. The first-order valence-corrected chi connectivity index (χ1v) is 7.80. The zero-order valence-electron chi connectivity index (χ0n) is 11.7. The molecule has 0 saturated heterocycles. The lowest BCUT2D eigenvalue weighted by Gasteiger charge is -2.31. The molecule has 2 atom stereocenters. The van der Waals surface area contributed by atoms with Crippen molar-refractivity contribution in [2.75, 3.05) is 0 Å². The van der Waals surface area contributed by atoms with Crippen molar-refractivity contribution in [3.8, 4) is 0 Å². The number of aliphatic hydroxyl groups excluding tert-OH is 1. The van der Waals surface area contributed by atoms with Gasteiger partial charge in [0.2, 0.25) is 0 Å². The monoisotopic (exact) mass is 299 g/mol. The van der Waals surface area contributed by atoms with Gasteiger partial charge in [-0.15, -0.1) is 11.3 Å². The molecule has 3 nitrogen and oxygen atoms in total. The lowest BCUT2D eigenvalue weighted by atomic mass is 9.87. The van der Waals surface area contributed by atoms with Crippen LogP contribution in [0.4, 0.5) is 0 Å².